The van der Waals surface area contributed by atoms with Crippen LogP contribution in [0.3, 0.4) is 0 Å². The lowest BCUT2D eigenvalue weighted by molar-refractivity contribution is 0.468. The molecular formula is C34H28N4O10S2. The second kappa shape index (κ2) is 13.9. The fourth-order valence-corrected chi connectivity index (χ4v) is 6.33. The first-order valence-corrected chi connectivity index (χ1v) is 17.3. The van der Waals surface area contributed by atoms with Crippen molar-refractivity contribution in [3.8, 4) is 23.0 Å². The number of aromatic hydroxyl groups is 4. The van der Waals surface area contributed by atoms with Crippen LogP contribution in [0.15, 0.2) is 127 Å². The normalized spacial score (nSPS) is 12.1. The largest absolute Gasteiger partial charge is 0.506 e. The average molecular weight is 717 g/mol. The van der Waals surface area contributed by atoms with Gasteiger partial charge in [-0.1, -0.05) is 60.7 Å². The third-order valence-electron chi connectivity index (χ3n) is 7.25. The van der Waals surface area contributed by atoms with E-state index in [0.29, 0.717) is 10.8 Å². The highest BCUT2D eigenvalue weighted by atomic mass is 32.2. The minimum atomic E-state index is -4.52. The van der Waals surface area contributed by atoms with E-state index >= 15 is 0 Å². The molecule has 0 heterocycles. The summed E-state index contributed by atoms with van der Waals surface area (Å²) in [6.45, 7) is 3.65. The standard InChI is InChI=1S/2C17H14N2O5S/c2*1-10-6-7-14(20)13(8-10)18-19-17-12-5-3-2-4-11(12)16(9-15(17)21)25(22,23)24/h2*2-9,20-21H,1H3,(H,22,23,24). The van der Waals surface area contributed by atoms with Crippen LogP contribution in [0.5, 0.6) is 23.0 Å². The van der Waals surface area contributed by atoms with Crippen molar-refractivity contribution in [1.82, 2.24) is 0 Å². The molecule has 14 nitrogen and oxygen atoms in total. The first kappa shape index (κ1) is 35.4. The SMILES string of the molecule is Cc1ccc(O)c(N=Nc2c(O)cc(S(=O)(=O)O)c3ccccc23)c1.Cc1ccc(O)c(N=Nc2c(O)cc(S(=O)(=O)O)c3ccccc23)c1. The van der Waals surface area contributed by atoms with Crippen LogP contribution in [0.4, 0.5) is 22.7 Å². The lowest BCUT2D eigenvalue weighted by Gasteiger charge is -2.08. The molecule has 6 aromatic carbocycles. The van der Waals surface area contributed by atoms with E-state index in [4.69, 9.17) is 0 Å². The Morgan fingerprint density at radius 2 is 0.780 bits per heavy atom. The molecule has 0 radical (unpaired) electrons. The fourth-order valence-electron chi connectivity index (χ4n) is 4.90. The van der Waals surface area contributed by atoms with Crippen molar-refractivity contribution in [2.24, 2.45) is 20.5 Å². The highest BCUT2D eigenvalue weighted by molar-refractivity contribution is 7.86. The van der Waals surface area contributed by atoms with Gasteiger partial charge >= 0.3 is 0 Å². The third-order valence-corrected chi connectivity index (χ3v) is 9.04. The number of benzene rings is 6. The molecule has 0 unspecified atom stereocenters. The molecule has 0 spiro atoms. The van der Waals surface area contributed by atoms with Crippen molar-refractivity contribution < 1.29 is 46.4 Å². The molecule has 0 aliphatic rings. The van der Waals surface area contributed by atoms with Gasteiger partial charge in [-0.05, 0) is 49.2 Å². The van der Waals surface area contributed by atoms with Crippen LogP contribution in [0.25, 0.3) is 21.5 Å². The van der Waals surface area contributed by atoms with Crippen LogP contribution < -0.4 is 0 Å². The van der Waals surface area contributed by atoms with Crippen molar-refractivity contribution in [3.05, 3.63) is 108 Å². The molecule has 0 saturated carbocycles. The lowest BCUT2D eigenvalue weighted by Crippen LogP contribution is -1.99. The lowest BCUT2D eigenvalue weighted by atomic mass is 10.1. The first-order chi connectivity index (χ1) is 23.5. The monoisotopic (exact) mass is 716 g/mol. The smallest absolute Gasteiger partial charge is 0.295 e. The molecule has 0 atom stereocenters. The molecule has 0 aromatic heterocycles. The number of hydrogen-bond acceptors (Lipinski definition) is 12. The minimum absolute atomic E-state index is 0.0314. The van der Waals surface area contributed by atoms with Gasteiger partial charge in [-0.15, -0.1) is 20.5 Å². The van der Waals surface area contributed by atoms with Crippen LogP contribution in [-0.4, -0.2) is 46.4 Å². The number of aryl methyl sites for hydroxylation is 2. The second-order valence-electron chi connectivity index (χ2n) is 10.9. The van der Waals surface area contributed by atoms with Crippen molar-refractivity contribution in [1.29, 1.82) is 0 Å². The molecule has 0 aliphatic heterocycles. The van der Waals surface area contributed by atoms with Crippen molar-refractivity contribution >= 4 is 64.5 Å². The van der Waals surface area contributed by atoms with Gasteiger partial charge in [0.25, 0.3) is 20.2 Å². The fraction of sp³-hybridized carbons (Fsp3) is 0.0588. The predicted octanol–water partition coefficient (Wildman–Crippen LogP) is 8.44. The summed E-state index contributed by atoms with van der Waals surface area (Å²) < 4.78 is 64.8. The predicted molar refractivity (Wildman–Crippen MR) is 185 cm³/mol. The van der Waals surface area contributed by atoms with Gasteiger partial charge in [0.05, 0.1) is 0 Å². The topological polar surface area (TPSA) is 239 Å². The summed E-state index contributed by atoms with van der Waals surface area (Å²) in [5.74, 6) is -1.06. The van der Waals surface area contributed by atoms with Gasteiger partial charge in [0, 0.05) is 33.7 Å². The van der Waals surface area contributed by atoms with E-state index in [1.807, 2.05) is 13.8 Å². The van der Waals surface area contributed by atoms with E-state index < -0.39 is 41.5 Å². The summed E-state index contributed by atoms with van der Waals surface area (Å²) in [5.41, 5.74) is 2.21. The Kier molecular flexibility index (Phi) is 9.82. The molecule has 0 fully saturated rings. The van der Waals surface area contributed by atoms with Gasteiger partial charge in [0.15, 0.2) is 0 Å². The Morgan fingerprint density at radius 3 is 1.12 bits per heavy atom. The number of phenolic OH excluding ortho intramolecular Hbond substituents is 4. The summed E-state index contributed by atoms with van der Waals surface area (Å²) in [7, 11) is -9.04. The van der Waals surface area contributed by atoms with Gasteiger partial charge < -0.3 is 20.4 Å². The molecular weight excluding hydrogens is 689 g/mol. The highest BCUT2D eigenvalue weighted by Gasteiger charge is 2.21. The minimum Gasteiger partial charge on any atom is -0.506 e. The van der Waals surface area contributed by atoms with E-state index in [0.717, 1.165) is 23.3 Å². The summed E-state index contributed by atoms with van der Waals surface area (Å²) >= 11 is 0. The summed E-state index contributed by atoms with van der Waals surface area (Å²) in [6, 6.07) is 24.0. The molecule has 6 N–H and O–H groups in total. The van der Waals surface area contributed by atoms with Gasteiger partial charge in [0.2, 0.25) is 0 Å². The van der Waals surface area contributed by atoms with E-state index in [1.54, 1.807) is 60.7 Å². The molecule has 16 heteroatoms. The summed E-state index contributed by atoms with van der Waals surface area (Å²) in [5, 5.41) is 56.8. The Hall–Kier alpha value is -5.94. The van der Waals surface area contributed by atoms with Crippen LogP contribution >= 0.6 is 0 Å². The molecule has 0 amide bonds. The van der Waals surface area contributed by atoms with Crippen LogP contribution in [0.2, 0.25) is 0 Å². The van der Waals surface area contributed by atoms with Gasteiger partial charge in [0.1, 0.15) is 55.5 Å². The number of rotatable bonds is 6. The maximum absolute atomic E-state index is 11.5. The Morgan fingerprint density at radius 1 is 0.440 bits per heavy atom. The first-order valence-electron chi connectivity index (χ1n) is 14.4. The van der Waals surface area contributed by atoms with E-state index in [2.05, 4.69) is 20.5 Å². The quantitative estimate of drug-likeness (QED) is 0.0710. The Balaban J connectivity index is 0.000000194. The summed E-state index contributed by atoms with van der Waals surface area (Å²) in [6.07, 6.45) is 0. The number of nitrogens with zero attached hydrogens (tertiary/aromatic N) is 4. The number of phenols is 4. The van der Waals surface area contributed by atoms with Crippen LogP contribution in [0, 0.1) is 13.8 Å². The van der Waals surface area contributed by atoms with Gasteiger partial charge in [-0.2, -0.15) is 16.8 Å². The number of fused-ring (bicyclic) bond motifs is 2. The van der Waals surface area contributed by atoms with Gasteiger partial charge in [-0.25, -0.2) is 0 Å². The third kappa shape index (κ3) is 7.68. The second-order valence-corrected chi connectivity index (χ2v) is 13.7. The zero-order valence-corrected chi connectivity index (χ0v) is 27.8. The Bertz CT molecular complexity index is 2390. The average Bonchev–Trinajstić information content (AvgIpc) is 3.05. The van der Waals surface area contributed by atoms with Crippen LogP contribution in [0.1, 0.15) is 11.1 Å². The van der Waals surface area contributed by atoms with Crippen LogP contribution in [-0.2, 0) is 20.2 Å². The molecule has 50 heavy (non-hydrogen) atoms. The molecule has 0 saturated heterocycles. The Labute approximate surface area is 285 Å². The number of azo groups is 2. The van der Waals surface area contributed by atoms with Crippen molar-refractivity contribution in [2.45, 2.75) is 23.6 Å². The molecule has 6 rings (SSSR count). The maximum Gasteiger partial charge on any atom is 0.295 e. The van der Waals surface area contributed by atoms with E-state index in [-0.39, 0.29) is 45.0 Å². The van der Waals surface area contributed by atoms with Crippen molar-refractivity contribution in [2.75, 3.05) is 0 Å². The maximum atomic E-state index is 11.5. The van der Waals surface area contributed by atoms with E-state index in [1.165, 1.54) is 24.3 Å². The molecule has 256 valence electrons. The molecule has 0 aliphatic carbocycles. The zero-order valence-electron chi connectivity index (χ0n) is 26.2. The molecule has 0 bridgehead atoms. The highest BCUT2D eigenvalue weighted by Crippen LogP contribution is 2.42. The van der Waals surface area contributed by atoms with Gasteiger partial charge in [-0.3, -0.25) is 9.11 Å². The molecule has 6 aromatic rings. The van der Waals surface area contributed by atoms with Crippen molar-refractivity contribution in [3.63, 3.8) is 0 Å². The van der Waals surface area contributed by atoms with E-state index in [9.17, 15) is 46.4 Å². The zero-order chi connectivity index (χ0) is 36.4. The summed E-state index contributed by atoms with van der Waals surface area (Å²) in [4.78, 5) is -0.837. The number of hydrogen-bond donors (Lipinski definition) is 6.